The lowest BCUT2D eigenvalue weighted by molar-refractivity contribution is 0.268. The number of hydrogen-bond donors (Lipinski definition) is 1. The van der Waals surface area contributed by atoms with Gasteiger partial charge in [-0.05, 0) is 23.6 Å². The van der Waals surface area contributed by atoms with E-state index in [1.807, 2.05) is 24.4 Å². The average molecular weight is 381 g/mol. The summed E-state index contributed by atoms with van der Waals surface area (Å²) in [4.78, 5) is 16.0. The van der Waals surface area contributed by atoms with Crippen LogP contribution in [0.2, 0.25) is 0 Å². The van der Waals surface area contributed by atoms with Crippen LogP contribution in [0.1, 0.15) is 29.7 Å². The second kappa shape index (κ2) is 7.60. The summed E-state index contributed by atoms with van der Waals surface area (Å²) in [6.45, 7) is 5.00. The van der Waals surface area contributed by atoms with Crippen LogP contribution in [0.3, 0.4) is 0 Å². The van der Waals surface area contributed by atoms with Gasteiger partial charge in [0, 0.05) is 30.6 Å². The van der Waals surface area contributed by atoms with Gasteiger partial charge in [0.15, 0.2) is 0 Å². The molecule has 5 heteroatoms. The standard InChI is InChI=1S/C24H23N5/c1-17(18-7-3-2-4-8-18)13-29-14-21-23(15-29)26-16-27-24(21)28-20-11-19-9-5-6-10-22(19)25-12-20/h2-12,16-17H,13-15H2,1H3,(H,26,27,28). The lowest BCUT2D eigenvalue weighted by atomic mass is 10.0. The van der Waals surface area contributed by atoms with Crippen molar-refractivity contribution < 1.29 is 0 Å². The molecule has 0 saturated heterocycles. The molecule has 2 aromatic heterocycles. The first-order chi connectivity index (χ1) is 14.3. The van der Waals surface area contributed by atoms with Crippen molar-refractivity contribution in [1.82, 2.24) is 19.9 Å². The van der Waals surface area contributed by atoms with Crippen LogP contribution in [0.15, 0.2) is 73.2 Å². The molecule has 1 aliphatic heterocycles. The predicted octanol–water partition coefficient (Wildman–Crippen LogP) is 4.89. The van der Waals surface area contributed by atoms with Crippen LogP contribution in [0, 0.1) is 0 Å². The van der Waals surface area contributed by atoms with Crippen LogP contribution < -0.4 is 5.32 Å². The fourth-order valence-corrected chi connectivity index (χ4v) is 4.03. The molecular weight excluding hydrogens is 358 g/mol. The molecular formula is C24H23N5. The number of para-hydroxylation sites is 1. The molecule has 0 saturated carbocycles. The van der Waals surface area contributed by atoms with Crippen LogP contribution >= 0.6 is 0 Å². The third-order valence-electron chi connectivity index (χ3n) is 5.54. The number of fused-ring (bicyclic) bond motifs is 2. The monoisotopic (exact) mass is 381 g/mol. The highest BCUT2D eigenvalue weighted by Gasteiger charge is 2.25. The maximum Gasteiger partial charge on any atom is 0.138 e. The zero-order chi connectivity index (χ0) is 19.6. The number of hydrogen-bond acceptors (Lipinski definition) is 5. The fourth-order valence-electron chi connectivity index (χ4n) is 4.03. The Labute approximate surface area is 170 Å². The quantitative estimate of drug-likeness (QED) is 0.533. The van der Waals surface area contributed by atoms with Crippen molar-refractivity contribution in [2.24, 2.45) is 0 Å². The van der Waals surface area contributed by atoms with E-state index in [9.17, 15) is 0 Å². The van der Waals surface area contributed by atoms with Crippen molar-refractivity contribution in [3.05, 3.63) is 90.0 Å². The fraction of sp³-hybridized carbons (Fsp3) is 0.208. The number of aromatic nitrogens is 3. The van der Waals surface area contributed by atoms with Gasteiger partial charge in [0.05, 0.1) is 23.1 Å². The van der Waals surface area contributed by atoms with E-state index >= 15 is 0 Å². The minimum absolute atomic E-state index is 0.472. The van der Waals surface area contributed by atoms with Gasteiger partial charge in [-0.2, -0.15) is 0 Å². The Bertz CT molecular complexity index is 1140. The van der Waals surface area contributed by atoms with Gasteiger partial charge in [-0.1, -0.05) is 55.5 Å². The third-order valence-corrected chi connectivity index (χ3v) is 5.54. The zero-order valence-corrected chi connectivity index (χ0v) is 16.4. The van der Waals surface area contributed by atoms with Crippen LogP contribution in [0.25, 0.3) is 10.9 Å². The number of rotatable bonds is 5. The Morgan fingerprint density at radius 2 is 1.79 bits per heavy atom. The van der Waals surface area contributed by atoms with Gasteiger partial charge in [-0.25, -0.2) is 9.97 Å². The molecule has 1 N–H and O–H groups in total. The first-order valence-electron chi connectivity index (χ1n) is 9.98. The molecule has 0 bridgehead atoms. The third kappa shape index (κ3) is 3.69. The van der Waals surface area contributed by atoms with E-state index in [-0.39, 0.29) is 0 Å². The van der Waals surface area contributed by atoms with Crippen LogP contribution in [0.4, 0.5) is 11.5 Å². The summed E-state index contributed by atoms with van der Waals surface area (Å²) in [5.41, 5.74) is 5.60. The van der Waals surface area contributed by atoms with Crippen LogP contribution in [-0.4, -0.2) is 26.4 Å². The molecule has 2 aromatic carbocycles. The SMILES string of the molecule is CC(CN1Cc2ncnc(Nc3cnc4ccccc4c3)c2C1)c1ccccc1. The van der Waals surface area contributed by atoms with E-state index < -0.39 is 0 Å². The van der Waals surface area contributed by atoms with Crippen molar-refractivity contribution >= 4 is 22.4 Å². The molecule has 3 heterocycles. The molecule has 144 valence electrons. The topological polar surface area (TPSA) is 53.9 Å². The molecule has 5 rings (SSSR count). The zero-order valence-electron chi connectivity index (χ0n) is 16.4. The maximum absolute atomic E-state index is 4.54. The number of nitrogens with zero attached hydrogens (tertiary/aromatic N) is 4. The van der Waals surface area contributed by atoms with Crippen molar-refractivity contribution in [2.45, 2.75) is 25.9 Å². The van der Waals surface area contributed by atoms with Gasteiger partial charge >= 0.3 is 0 Å². The summed E-state index contributed by atoms with van der Waals surface area (Å²) in [5, 5.41) is 4.57. The normalized spacial score (nSPS) is 14.7. The molecule has 0 spiro atoms. The predicted molar refractivity (Wildman–Crippen MR) is 116 cm³/mol. The Hall–Kier alpha value is -3.31. The summed E-state index contributed by atoms with van der Waals surface area (Å²) >= 11 is 0. The minimum atomic E-state index is 0.472. The molecule has 1 aliphatic rings. The van der Waals surface area contributed by atoms with E-state index in [2.05, 4.69) is 74.6 Å². The van der Waals surface area contributed by atoms with Gasteiger partial charge in [0.25, 0.3) is 0 Å². The van der Waals surface area contributed by atoms with Crippen molar-refractivity contribution in [3.63, 3.8) is 0 Å². The highest BCUT2D eigenvalue weighted by Crippen LogP contribution is 2.30. The van der Waals surface area contributed by atoms with Gasteiger partial charge in [-0.15, -0.1) is 0 Å². The highest BCUT2D eigenvalue weighted by molar-refractivity contribution is 5.82. The smallest absolute Gasteiger partial charge is 0.138 e. The summed E-state index contributed by atoms with van der Waals surface area (Å²) < 4.78 is 0. The van der Waals surface area contributed by atoms with Gasteiger partial charge in [0.1, 0.15) is 12.1 Å². The number of nitrogens with one attached hydrogen (secondary N) is 1. The van der Waals surface area contributed by atoms with E-state index in [0.29, 0.717) is 5.92 Å². The summed E-state index contributed by atoms with van der Waals surface area (Å²) in [6, 6.07) is 20.9. The van der Waals surface area contributed by atoms with E-state index in [1.165, 1.54) is 11.1 Å². The first-order valence-corrected chi connectivity index (χ1v) is 9.98. The second-order valence-corrected chi connectivity index (χ2v) is 7.67. The lowest BCUT2D eigenvalue weighted by Crippen LogP contribution is -2.22. The molecule has 0 amide bonds. The van der Waals surface area contributed by atoms with E-state index in [1.54, 1.807) is 6.33 Å². The average Bonchev–Trinajstić information content (AvgIpc) is 3.18. The van der Waals surface area contributed by atoms with E-state index in [0.717, 1.165) is 47.7 Å². The molecule has 1 atom stereocenters. The molecule has 1 unspecified atom stereocenters. The van der Waals surface area contributed by atoms with Gasteiger partial charge in [0.2, 0.25) is 0 Å². The Morgan fingerprint density at radius 3 is 2.69 bits per heavy atom. The highest BCUT2D eigenvalue weighted by atomic mass is 15.2. The molecule has 5 nitrogen and oxygen atoms in total. The Balaban J connectivity index is 1.34. The molecule has 29 heavy (non-hydrogen) atoms. The number of pyridine rings is 1. The molecule has 0 radical (unpaired) electrons. The van der Waals surface area contributed by atoms with Crippen molar-refractivity contribution in [3.8, 4) is 0 Å². The van der Waals surface area contributed by atoms with Gasteiger partial charge in [-0.3, -0.25) is 9.88 Å². The van der Waals surface area contributed by atoms with Crippen LogP contribution in [0.5, 0.6) is 0 Å². The summed E-state index contributed by atoms with van der Waals surface area (Å²) in [7, 11) is 0. The van der Waals surface area contributed by atoms with Gasteiger partial charge < -0.3 is 5.32 Å². The maximum atomic E-state index is 4.54. The van der Waals surface area contributed by atoms with Crippen molar-refractivity contribution in [1.29, 1.82) is 0 Å². The Morgan fingerprint density at radius 1 is 0.966 bits per heavy atom. The lowest BCUT2D eigenvalue weighted by Gasteiger charge is -2.20. The van der Waals surface area contributed by atoms with E-state index in [4.69, 9.17) is 0 Å². The Kier molecular flexibility index (Phi) is 4.66. The number of benzene rings is 2. The molecule has 0 fully saturated rings. The summed E-state index contributed by atoms with van der Waals surface area (Å²) in [5.74, 6) is 1.35. The summed E-state index contributed by atoms with van der Waals surface area (Å²) in [6.07, 6.45) is 3.51. The minimum Gasteiger partial charge on any atom is -0.339 e. The molecule has 0 aliphatic carbocycles. The number of anilines is 2. The van der Waals surface area contributed by atoms with Crippen LogP contribution in [-0.2, 0) is 13.1 Å². The van der Waals surface area contributed by atoms with Crippen molar-refractivity contribution in [2.75, 3.05) is 11.9 Å². The molecule has 4 aromatic rings. The largest absolute Gasteiger partial charge is 0.339 e. The second-order valence-electron chi connectivity index (χ2n) is 7.67. The first kappa shape index (κ1) is 17.8.